The number of hydrogen-bond donors (Lipinski definition) is 3. The Bertz CT molecular complexity index is 978. The summed E-state index contributed by atoms with van der Waals surface area (Å²) >= 11 is 0. The lowest BCUT2D eigenvalue weighted by Gasteiger charge is -2.16. The molecular weight excluding hydrogens is 424 g/mol. The van der Waals surface area contributed by atoms with Crippen LogP contribution in [0.15, 0.2) is 48.5 Å². The van der Waals surface area contributed by atoms with Gasteiger partial charge in [-0.2, -0.15) is 0 Å². The summed E-state index contributed by atoms with van der Waals surface area (Å²) in [7, 11) is 0. The monoisotopic (exact) mass is 452 g/mol. The van der Waals surface area contributed by atoms with Crippen molar-refractivity contribution in [2.45, 2.75) is 43.7 Å². The minimum atomic E-state index is -1.06. The summed E-state index contributed by atoms with van der Waals surface area (Å²) < 4.78 is 10.6. The first kappa shape index (κ1) is 22.8. The molecule has 33 heavy (non-hydrogen) atoms. The summed E-state index contributed by atoms with van der Waals surface area (Å²) in [5.41, 5.74) is 4.68. The van der Waals surface area contributed by atoms with E-state index in [9.17, 15) is 14.4 Å². The predicted octanol–water partition coefficient (Wildman–Crippen LogP) is 3.05. The van der Waals surface area contributed by atoms with E-state index in [1.54, 1.807) is 0 Å². The smallest absolute Gasteiger partial charge is 0.407 e. The van der Waals surface area contributed by atoms with E-state index in [1.165, 1.54) is 11.1 Å². The number of carbonyl (C=O) groups excluding carboxylic acids is 2. The Balaban J connectivity index is 1.15. The van der Waals surface area contributed by atoms with Crippen molar-refractivity contribution in [1.82, 2.24) is 10.6 Å². The zero-order valence-electron chi connectivity index (χ0n) is 18.3. The lowest BCUT2D eigenvalue weighted by atomic mass is 9.98. The quantitative estimate of drug-likeness (QED) is 0.504. The van der Waals surface area contributed by atoms with E-state index in [-0.39, 0.29) is 24.9 Å². The summed E-state index contributed by atoms with van der Waals surface area (Å²) in [4.78, 5) is 35.3. The van der Waals surface area contributed by atoms with Gasteiger partial charge in [0.1, 0.15) is 6.61 Å². The van der Waals surface area contributed by atoms with Crippen LogP contribution < -0.4 is 10.6 Å². The lowest BCUT2D eigenvalue weighted by Crippen LogP contribution is -2.44. The van der Waals surface area contributed by atoms with E-state index in [0.29, 0.717) is 32.4 Å². The van der Waals surface area contributed by atoms with Crippen LogP contribution in [-0.4, -0.2) is 55.0 Å². The molecule has 2 atom stereocenters. The van der Waals surface area contributed by atoms with Crippen LogP contribution in [0.2, 0.25) is 0 Å². The number of carbonyl (C=O) groups is 3. The molecule has 0 aromatic heterocycles. The zero-order valence-corrected chi connectivity index (χ0v) is 18.3. The Morgan fingerprint density at radius 1 is 1.00 bits per heavy atom. The normalized spacial score (nSPS) is 18.9. The second kappa shape index (κ2) is 10.5. The molecule has 2 aromatic carbocycles. The van der Waals surface area contributed by atoms with Gasteiger partial charge in [-0.05, 0) is 41.5 Å². The Morgan fingerprint density at radius 3 is 2.33 bits per heavy atom. The number of nitrogens with one attached hydrogen (secondary N) is 2. The highest BCUT2D eigenvalue weighted by Crippen LogP contribution is 2.44. The molecule has 2 amide bonds. The van der Waals surface area contributed by atoms with Crippen LogP contribution in [0, 0.1) is 0 Å². The summed E-state index contributed by atoms with van der Waals surface area (Å²) in [5, 5.41) is 14.5. The third kappa shape index (κ3) is 5.34. The van der Waals surface area contributed by atoms with Crippen molar-refractivity contribution in [3.63, 3.8) is 0 Å². The molecule has 2 aromatic rings. The molecule has 4 rings (SSSR count). The highest BCUT2D eigenvalue weighted by Gasteiger charge is 2.35. The van der Waals surface area contributed by atoms with Crippen molar-refractivity contribution in [3.8, 4) is 11.1 Å². The minimum absolute atomic E-state index is 0.0149. The summed E-state index contributed by atoms with van der Waals surface area (Å²) in [6, 6.07) is 15.8. The predicted molar refractivity (Wildman–Crippen MR) is 121 cm³/mol. The van der Waals surface area contributed by atoms with Gasteiger partial charge in [0.25, 0.3) is 0 Å². The molecule has 0 spiro atoms. The fourth-order valence-electron chi connectivity index (χ4n) is 4.51. The van der Waals surface area contributed by atoms with Crippen molar-refractivity contribution < 1.29 is 29.0 Å². The van der Waals surface area contributed by atoms with Gasteiger partial charge in [-0.15, -0.1) is 0 Å². The molecule has 0 radical (unpaired) electrons. The van der Waals surface area contributed by atoms with Gasteiger partial charge in [0.15, 0.2) is 6.10 Å². The van der Waals surface area contributed by atoms with Crippen molar-refractivity contribution in [1.29, 1.82) is 0 Å². The number of rotatable bonds is 9. The van der Waals surface area contributed by atoms with Gasteiger partial charge >= 0.3 is 12.1 Å². The number of benzene rings is 2. The molecule has 0 bridgehead atoms. The first-order valence-electron chi connectivity index (χ1n) is 11.3. The molecule has 8 heteroatoms. The summed E-state index contributed by atoms with van der Waals surface area (Å²) in [5.74, 6) is -1.26. The number of alkyl carbamates (subject to hydrolysis) is 1. The molecule has 1 aliphatic carbocycles. The SMILES string of the molecule is O=C(CCCCNC(=O)OCC1c2ccccc2-c2ccccc21)NC1CCOC1C(=O)O. The van der Waals surface area contributed by atoms with Crippen LogP contribution in [0.25, 0.3) is 11.1 Å². The first-order valence-corrected chi connectivity index (χ1v) is 11.3. The van der Waals surface area contributed by atoms with Crippen molar-refractivity contribution in [2.24, 2.45) is 0 Å². The number of carboxylic acids is 1. The van der Waals surface area contributed by atoms with Gasteiger partial charge in [0.2, 0.25) is 5.91 Å². The zero-order chi connectivity index (χ0) is 23.2. The third-order valence-corrected chi connectivity index (χ3v) is 6.13. The van der Waals surface area contributed by atoms with E-state index >= 15 is 0 Å². The second-order valence-corrected chi connectivity index (χ2v) is 8.30. The number of unbranched alkanes of at least 4 members (excludes halogenated alkanes) is 1. The van der Waals surface area contributed by atoms with E-state index < -0.39 is 24.2 Å². The van der Waals surface area contributed by atoms with Gasteiger partial charge in [0, 0.05) is 25.5 Å². The largest absolute Gasteiger partial charge is 0.479 e. The van der Waals surface area contributed by atoms with E-state index in [4.69, 9.17) is 14.6 Å². The fourth-order valence-corrected chi connectivity index (χ4v) is 4.51. The van der Waals surface area contributed by atoms with Crippen LogP contribution in [-0.2, 0) is 19.1 Å². The minimum Gasteiger partial charge on any atom is -0.479 e. The van der Waals surface area contributed by atoms with Crippen LogP contribution >= 0.6 is 0 Å². The Hall–Kier alpha value is -3.39. The van der Waals surface area contributed by atoms with Crippen LogP contribution in [0.3, 0.4) is 0 Å². The molecular formula is C25H28N2O6. The van der Waals surface area contributed by atoms with E-state index in [1.807, 2.05) is 24.3 Å². The van der Waals surface area contributed by atoms with Crippen molar-refractivity contribution >= 4 is 18.0 Å². The summed E-state index contributed by atoms with van der Waals surface area (Å²) in [6.07, 6.45) is 0.473. The molecule has 2 aliphatic rings. The fraction of sp³-hybridized carbons (Fsp3) is 0.400. The molecule has 1 aliphatic heterocycles. The molecule has 1 fully saturated rings. The Morgan fingerprint density at radius 2 is 1.67 bits per heavy atom. The number of fused-ring (bicyclic) bond motifs is 3. The van der Waals surface area contributed by atoms with Gasteiger partial charge in [-0.1, -0.05) is 48.5 Å². The van der Waals surface area contributed by atoms with Crippen LogP contribution in [0.4, 0.5) is 4.79 Å². The lowest BCUT2D eigenvalue weighted by molar-refractivity contribution is -0.148. The maximum Gasteiger partial charge on any atom is 0.407 e. The topological polar surface area (TPSA) is 114 Å². The molecule has 8 nitrogen and oxygen atoms in total. The van der Waals surface area contributed by atoms with Crippen molar-refractivity contribution in [2.75, 3.05) is 19.8 Å². The van der Waals surface area contributed by atoms with Gasteiger partial charge in [-0.25, -0.2) is 9.59 Å². The van der Waals surface area contributed by atoms with Gasteiger partial charge < -0.3 is 25.2 Å². The number of ether oxygens (including phenoxy) is 2. The standard InChI is InChI=1S/C25H28N2O6/c28-22(27-21-12-14-32-23(21)24(29)30)11-5-6-13-26-25(31)33-15-20-18-9-3-1-7-16(18)17-8-2-4-10-19(17)20/h1-4,7-10,20-21,23H,5-6,11-15H2,(H,26,31)(H,27,28)(H,29,30). The van der Waals surface area contributed by atoms with Crippen LogP contribution in [0.5, 0.6) is 0 Å². The molecule has 2 unspecified atom stereocenters. The van der Waals surface area contributed by atoms with E-state index in [0.717, 1.165) is 11.1 Å². The molecule has 3 N–H and O–H groups in total. The first-order chi connectivity index (χ1) is 16.0. The maximum absolute atomic E-state index is 12.2. The van der Waals surface area contributed by atoms with Gasteiger partial charge in [0.05, 0.1) is 6.04 Å². The number of aliphatic carboxylic acids is 1. The average Bonchev–Trinajstić information content (AvgIpc) is 3.40. The van der Waals surface area contributed by atoms with Crippen LogP contribution in [0.1, 0.15) is 42.7 Å². The Labute approximate surface area is 192 Å². The highest BCUT2D eigenvalue weighted by molar-refractivity contribution is 5.80. The third-order valence-electron chi connectivity index (χ3n) is 6.13. The van der Waals surface area contributed by atoms with E-state index in [2.05, 4.69) is 34.9 Å². The molecule has 1 heterocycles. The molecule has 1 saturated heterocycles. The average molecular weight is 453 g/mol. The number of amides is 2. The van der Waals surface area contributed by atoms with Crippen molar-refractivity contribution in [3.05, 3.63) is 59.7 Å². The highest BCUT2D eigenvalue weighted by atomic mass is 16.5. The second-order valence-electron chi connectivity index (χ2n) is 8.30. The van der Waals surface area contributed by atoms with Gasteiger partial charge in [-0.3, -0.25) is 4.79 Å². The number of carboxylic acid groups (broad SMARTS) is 1. The maximum atomic E-state index is 12.2. The molecule has 0 saturated carbocycles. The number of hydrogen-bond acceptors (Lipinski definition) is 5. The summed E-state index contributed by atoms with van der Waals surface area (Å²) in [6.45, 7) is 0.983. The Kier molecular flexibility index (Phi) is 7.24. The molecule has 174 valence electrons.